The normalized spacial score (nSPS) is 17.1. The molecular formula is C35H36ClN7O3. The van der Waals surface area contributed by atoms with Crippen LogP contribution in [-0.2, 0) is 24.2 Å². The third-order valence-corrected chi connectivity index (χ3v) is 8.94. The summed E-state index contributed by atoms with van der Waals surface area (Å²) in [6, 6.07) is 17.3. The zero-order valence-electron chi connectivity index (χ0n) is 25.7. The number of aryl methyl sites for hydroxylation is 1. The number of ether oxygens (including phenoxy) is 2. The van der Waals surface area contributed by atoms with Gasteiger partial charge in [0.15, 0.2) is 0 Å². The molecule has 1 amide bonds. The molecule has 2 fully saturated rings. The first-order valence-electron chi connectivity index (χ1n) is 15.7. The summed E-state index contributed by atoms with van der Waals surface area (Å²) in [5.74, 6) is 2.15. The summed E-state index contributed by atoms with van der Waals surface area (Å²) >= 11 is 6.02. The van der Waals surface area contributed by atoms with Gasteiger partial charge in [-0.1, -0.05) is 23.7 Å². The van der Waals surface area contributed by atoms with E-state index in [0.717, 1.165) is 85.9 Å². The Bertz CT molecular complexity index is 1830. The smallest absolute Gasteiger partial charge is 0.257 e. The Kier molecular flexibility index (Phi) is 8.91. The highest BCUT2D eigenvalue weighted by Crippen LogP contribution is 2.26. The van der Waals surface area contributed by atoms with Crippen molar-refractivity contribution in [3.05, 3.63) is 107 Å². The molecule has 11 heteroatoms. The average molecular weight is 638 g/mol. The summed E-state index contributed by atoms with van der Waals surface area (Å²) in [6.45, 7) is 5.98. The van der Waals surface area contributed by atoms with Crippen molar-refractivity contribution in [3.8, 4) is 5.88 Å². The van der Waals surface area contributed by atoms with Gasteiger partial charge in [0, 0.05) is 61.5 Å². The number of hydrogen-bond acceptors (Lipinski definition) is 8. The molecule has 2 saturated heterocycles. The van der Waals surface area contributed by atoms with Crippen molar-refractivity contribution in [3.63, 3.8) is 0 Å². The standard InChI is InChI=1S/C35H36ClN7O3/c1-23-8-13-37-20-29(23)35(44)39-26-6-7-31-30(19-26)40-33(43(31)21-28-12-17-45-28)22-42-15-10-27(11-16-42)46-34-9-14-38-32(41-34)18-24-2-4-25(36)5-3-24/h2-9,13-14,19-20,27-28H,10-12,15-18,21-22H2,1H3,(H,39,44)/t28-/m0/s1. The molecule has 236 valence electrons. The fourth-order valence-corrected chi connectivity index (χ4v) is 6.11. The van der Waals surface area contributed by atoms with Gasteiger partial charge in [-0.2, -0.15) is 4.98 Å². The predicted molar refractivity (Wildman–Crippen MR) is 176 cm³/mol. The van der Waals surface area contributed by atoms with Crippen LogP contribution >= 0.6 is 11.6 Å². The molecule has 1 atom stereocenters. The van der Waals surface area contributed by atoms with Gasteiger partial charge >= 0.3 is 0 Å². The first-order valence-corrected chi connectivity index (χ1v) is 16.1. The van der Waals surface area contributed by atoms with Gasteiger partial charge in [-0.15, -0.1) is 0 Å². The number of fused-ring (bicyclic) bond motifs is 1. The zero-order chi connectivity index (χ0) is 31.5. The van der Waals surface area contributed by atoms with E-state index in [1.165, 1.54) is 0 Å². The molecule has 5 heterocycles. The number of imidazole rings is 1. The van der Waals surface area contributed by atoms with E-state index in [9.17, 15) is 4.79 Å². The highest BCUT2D eigenvalue weighted by Gasteiger charge is 2.26. The molecule has 5 aromatic rings. The second-order valence-electron chi connectivity index (χ2n) is 12.0. The molecular weight excluding hydrogens is 602 g/mol. The van der Waals surface area contributed by atoms with E-state index in [1.54, 1.807) is 18.6 Å². The maximum absolute atomic E-state index is 12.9. The third kappa shape index (κ3) is 7.04. The molecule has 7 rings (SSSR count). The van der Waals surface area contributed by atoms with Crippen LogP contribution in [0.25, 0.3) is 11.0 Å². The second-order valence-corrected chi connectivity index (χ2v) is 12.4. The van der Waals surface area contributed by atoms with E-state index in [2.05, 4.69) is 29.7 Å². The number of anilines is 1. The Morgan fingerprint density at radius 1 is 1.04 bits per heavy atom. The molecule has 1 N–H and O–H groups in total. The van der Waals surface area contributed by atoms with Crippen molar-refractivity contribution in [1.82, 2.24) is 29.4 Å². The summed E-state index contributed by atoms with van der Waals surface area (Å²) in [4.78, 5) is 33.6. The van der Waals surface area contributed by atoms with Gasteiger partial charge in [-0.25, -0.2) is 9.97 Å². The molecule has 2 aliphatic rings. The van der Waals surface area contributed by atoms with Gasteiger partial charge in [0.1, 0.15) is 17.8 Å². The number of nitrogens with one attached hydrogen (secondary N) is 1. The number of nitrogens with zero attached hydrogens (tertiary/aromatic N) is 6. The third-order valence-electron chi connectivity index (χ3n) is 8.69. The van der Waals surface area contributed by atoms with Crippen LogP contribution in [0.2, 0.25) is 5.02 Å². The topological polar surface area (TPSA) is 107 Å². The first kappa shape index (κ1) is 30.3. The molecule has 0 unspecified atom stereocenters. The molecule has 46 heavy (non-hydrogen) atoms. The number of amides is 1. The van der Waals surface area contributed by atoms with E-state index in [-0.39, 0.29) is 18.1 Å². The highest BCUT2D eigenvalue weighted by molar-refractivity contribution is 6.30. The number of piperidine rings is 1. The first-order chi connectivity index (χ1) is 22.5. The zero-order valence-corrected chi connectivity index (χ0v) is 26.5. The van der Waals surface area contributed by atoms with E-state index >= 15 is 0 Å². The van der Waals surface area contributed by atoms with Crippen LogP contribution in [0.4, 0.5) is 5.69 Å². The van der Waals surface area contributed by atoms with Crippen LogP contribution in [0.5, 0.6) is 5.88 Å². The Morgan fingerprint density at radius 3 is 2.63 bits per heavy atom. The van der Waals surface area contributed by atoms with Gasteiger partial charge in [0.25, 0.3) is 5.91 Å². The van der Waals surface area contributed by atoms with Crippen LogP contribution in [0.15, 0.2) is 73.2 Å². The van der Waals surface area contributed by atoms with Crippen LogP contribution < -0.4 is 10.1 Å². The SMILES string of the molecule is Cc1ccncc1C(=O)Nc1ccc2c(c1)nc(CN1CCC(Oc3ccnc(Cc4ccc(Cl)cc4)n3)CC1)n2C[C@@H]1CCO1. The molecule has 2 aromatic carbocycles. The lowest BCUT2D eigenvalue weighted by Crippen LogP contribution is -2.39. The van der Waals surface area contributed by atoms with Crippen LogP contribution in [0.1, 0.15) is 52.4 Å². The number of likely N-dealkylation sites (tertiary alicyclic amines) is 1. The minimum Gasteiger partial charge on any atom is -0.474 e. The minimum absolute atomic E-state index is 0.0892. The lowest BCUT2D eigenvalue weighted by atomic mass is 10.1. The van der Waals surface area contributed by atoms with Crippen molar-refractivity contribution >= 4 is 34.2 Å². The molecule has 0 spiro atoms. The van der Waals surface area contributed by atoms with Crippen LogP contribution in [0, 0.1) is 6.92 Å². The lowest BCUT2D eigenvalue weighted by molar-refractivity contribution is -0.0592. The van der Waals surface area contributed by atoms with E-state index in [1.807, 2.05) is 61.5 Å². The second kappa shape index (κ2) is 13.5. The summed E-state index contributed by atoms with van der Waals surface area (Å²) < 4.78 is 14.4. The summed E-state index contributed by atoms with van der Waals surface area (Å²) in [5, 5.41) is 3.73. The maximum atomic E-state index is 12.9. The Labute approximate surface area is 272 Å². The predicted octanol–water partition coefficient (Wildman–Crippen LogP) is 5.86. The lowest BCUT2D eigenvalue weighted by Gasteiger charge is -2.32. The number of carbonyl (C=O) groups excluding carboxylic acids is 1. The number of rotatable bonds is 10. The molecule has 2 aliphatic heterocycles. The van der Waals surface area contributed by atoms with Gasteiger partial charge < -0.3 is 19.4 Å². The number of benzene rings is 2. The average Bonchev–Trinajstić information content (AvgIpc) is 3.37. The molecule has 0 aliphatic carbocycles. The fraction of sp³-hybridized carbons (Fsp3) is 0.343. The van der Waals surface area contributed by atoms with E-state index < -0.39 is 0 Å². The van der Waals surface area contributed by atoms with Crippen LogP contribution in [-0.4, -0.2) is 67.2 Å². The fourth-order valence-electron chi connectivity index (χ4n) is 5.99. The maximum Gasteiger partial charge on any atom is 0.257 e. The van der Waals surface area contributed by atoms with Crippen molar-refractivity contribution in [2.75, 3.05) is 25.0 Å². The molecule has 0 radical (unpaired) electrons. The van der Waals surface area contributed by atoms with Crippen molar-refractivity contribution in [1.29, 1.82) is 0 Å². The van der Waals surface area contributed by atoms with Gasteiger partial charge in [-0.3, -0.25) is 14.7 Å². The molecule has 3 aromatic heterocycles. The van der Waals surface area contributed by atoms with Crippen molar-refractivity contribution in [2.45, 2.75) is 57.9 Å². The highest BCUT2D eigenvalue weighted by atomic mass is 35.5. The number of aromatic nitrogens is 5. The summed E-state index contributed by atoms with van der Waals surface area (Å²) in [6.07, 6.45) is 8.78. The quantitative estimate of drug-likeness (QED) is 0.203. The van der Waals surface area contributed by atoms with Gasteiger partial charge in [0.2, 0.25) is 5.88 Å². The largest absolute Gasteiger partial charge is 0.474 e. The van der Waals surface area contributed by atoms with Crippen LogP contribution in [0.3, 0.4) is 0 Å². The van der Waals surface area contributed by atoms with Gasteiger partial charge in [-0.05, 0) is 73.7 Å². The monoisotopic (exact) mass is 637 g/mol. The molecule has 10 nitrogen and oxygen atoms in total. The summed E-state index contributed by atoms with van der Waals surface area (Å²) in [7, 11) is 0. The van der Waals surface area contributed by atoms with Crippen molar-refractivity contribution in [2.24, 2.45) is 0 Å². The molecule has 0 saturated carbocycles. The Balaban J connectivity index is 1.00. The molecule has 0 bridgehead atoms. The van der Waals surface area contributed by atoms with Crippen molar-refractivity contribution < 1.29 is 14.3 Å². The van der Waals surface area contributed by atoms with E-state index in [4.69, 9.17) is 26.1 Å². The van der Waals surface area contributed by atoms with E-state index in [0.29, 0.717) is 28.6 Å². The number of hydrogen-bond donors (Lipinski definition) is 1. The number of halogens is 1. The Morgan fingerprint density at radius 2 is 1.87 bits per heavy atom. The number of carbonyl (C=O) groups is 1. The van der Waals surface area contributed by atoms with Gasteiger partial charge in [0.05, 0.1) is 35.8 Å². The minimum atomic E-state index is -0.183. The summed E-state index contributed by atoms with van der Waals surface area (Å²) in [5.41, 5.74) is 5.14. The Hall–Kier alpha value is -4.38. The number of pyridine rings is 1.